The third-order valence-corrected chi connectivity index (χ3v) is 5.56. The standard InChI is InChI=1S/C15H20N2O5S/c1-4-16-15(19)12-6-8-14(18)17(12)23(20,21)11-5-7-13(22-3)10(2)9-11/h5,7,9,12H,4,6,8H2,1-3H3,(H,16,19)/t12-/m0/s1. The molecule has 126 valence electrons. The number of nitrogens with zero attached hydrogens (tertiary/aromatic N) is 1. The highest BCUT2D eigenvalue weighted by Crippen LogP contribution is 2.29. The SMILES string of the molecule is CCNC(=O)[C@@H]1CCC(=O)N1S(=O)(=O)c1ccc(OC)c(C)c1. The van der Waals surface area contributed by atoms with Crippen LogP contribution >= 0.6 is 0 Å². The Morgan fingerprint density at radius 2 is 2.13 bits per heavy atom. The first-order valence-corrected chi connectivity index (χ1v) is 8.76. The van der Waals surface area contributed by atoms with Crippen molar-refractivity contribution >= 4 is 21.8 Å². The lowest BCUT2D eigenvalue weighted by Crippen LogP contribution is -2.47. The number of hydrogen-bond acceptors (Lipinski definition) is 5. The Morgan fingerprint density at radius 1 is 1.43 bits per heavy atom. The van der Waals surface area contributed by atoms with Crippen molar-refractivity contribution in [1.82, 2.24) is 9.62 Å². The maximum absolute atomic E-state index is 12.8. The van der Waals surface area contributed by atoms with Gasteiger partial charge in [0.2, 0.25) is 11.8 Å². The molecule has 0 spiro atoms. The lowest BCUT2D eigenvalue weighted by molar-refractivity contribution is -0.130. The summed E-state index contributed by atoms with van der Waals surface area (Å²) in [5.41, 5.74) is 0.634. The van der Waals surface area contributed by atoms with Crippen LogP contribution in [0.4, 0.5) is 0 Å². The molecule has 8 heteroatoms. The number of aryl methyl sites for hydroxylation is 1. The molecule has 0 aliphatic carbocycles. The van der Waals surface area contributed by atoms with Gasteiger partial charge in [-0.25, -0.2) is 12.7 Å². The van der Waals surface area contributed by atoms with Gasteiger partial charge in [0, 0.05) is 13.0 Å². The van der Waals surface area contributed by atoms with Crippen molar-refractivity contribution in [3.63, 3.8) is 0 Å². The van der Waals surface area contributed by atoms with Crippen LogP contribution in [-0.2, 0) is 19.6 Å². The smallest absolute Gasteiger partial charge is 0.267 e. The fourth-order valence-corrected chi connectivity index (χ4v) is 4.31. The van der Waals surface area contributed by atoms with Crippen LogP contribution in [0.5, 0.6) is 5.75 Å². The van der Waals surface area contributed by atoms with Gasteiger partial charge in [-0.05, 0) is 44.0 Å². The van der Waals surface area contributed by atoms with Crippen LogP contribution in [0.2, 0.25) is 0 Å². The Morgan fingerprint density at radius 3 is 2.70 bits per heavy atom. The summed E-state index contributed by atoms with van der Waals surface area (Å²) >= 11 is 0. The molecule has 1 aromatic rings. The number of nitrogens with one attached hydrogen (secondary N) is 1. The lowest BCUT2D eigenvalue weighted by Gasteiger charge is -2.23. The second kappa shape index (κ2) is 6.57. The molecule has 1 heterocycles. The molecule has 1 atom stereocenters. The average Bonchev–Trinajstić information content (AvgIpc) is 2.90. The summed E-state index contributed by atoms with van der Waals surface area (Å²) < 4.78 is 31.4. The zero-order chi connectivity index (χ0) is 17.2. The second-order valence-electron chi connectivity index (χ2n) is 5.28. The number of amides is 2. The molecule has 0 radical (unpaired) electrons. The average molecular weight is 340 g/mol. The second-order valence-corrected chi connectivity index (χ2v) is 7.09. The van der Waals surface area contributed by atoms with Gasteiger partial charge in [0.25, 0.3) is 10.0 Å². The summed E-state index contributed by atoms with van der Waals surface area (Å²) in [6, 6.07) is 3.36. The fourth-order valence-electron chi connectivity index (χ4n) is 2.62. The molecule has 0 saturated carbocycles. The Kier molecular flexibility index (Phi) is 4.93. The van der Waals surface area contributed by atoms with E-state index >= 15 is 0 Å². The number of hydrogen-bond donors (Lipinski definition) is 1. The first-order chi connectivity index (χ1) is 10.8. The van der Waals surface area contributed by atoms with Gasteiger partial charge >= 0.3 is 0 Å². The van der Waals surface area contributed by atoms with E-state index < -0.39 is 27.9 Å². The molecule has 0 unspecified atom stereocenters. The quantitative estimate of drug-likeness (QED) is 0.856. The van der Waals surface area contributed by atoms with Crippen molar-refractivity contribution in [3.05, 3.63) is 23.8 Å². The van der Waals surface area contributed by atoms with Crippen molar-refractivity contribution < 1.29 is 22.7 Å². The van der Waals surface area contributed by atoms with Gasteiger partial charge in [-0.15, -0.1) is 0 Å². The highest BCUT2D eigenvalue weighted by atomic mass is 32.2. The number of sulfonamides is 1. The predicted octanol–water partition coefficient (Wildman–Crippen LogP) is 0.819. The van der Waals surface area contributed by atoms with E-state index in [4.69, 9.17) is 4.74 Å². The minimum Gasteiger partial charge on any atom is -0.496 e. The predicted molar refractivity (Wildman–Crippen MR) is 83.5 cm³/mol. The molecule has 2 rings (SSSR count). The number of ether oxygens (including phenoxy) is 1. The number of likely N-dealkylation sites (N-methyl/N-ethyl adjacent to an activating group) is 1. The number of methoxy groups -OCH3 is 1. The number of carbonyl (C=O) groups excluding carboxylic acids is 2. The van der Waals surface area contributed by atoms with Gasteiger partial charge in [-0.2, -0.15) is 0 Å². The Bertz CT molecular complexity index is 729. The van der Waals surface area contributed by atoms with Gasteiger partial charge in [0.05, 0.1) is 12.0 Å². The van der Waals surface area contributed by atoms with E-state index in [2.05, 4.69) is 5.32 Å². The molecule has 1 aliphatic heterocycles. The van der Waals surface area contributed by atoms with Crippen LogP contribution < -0.4 is 10.1 Å². The van der Waals surface area contributed by atoms with Crippen LogP contribution in [0, 0.1) is 6.92 Å². The van der Waals surface area contributed by atoms with Gasteiger partial charge in [0.15, 0.2) is 0 Å². The van der Waals surface area contributed by atoms with Gasteiger partial charge in [-0.3, -0.25) is 9.59 Å². The van der Waals surface area contributed by atoms with Gasteiger partial charge in [0.1, 0.15) is 11.8 Å². The van der Waals surface area contributed by atoms with E-state index in [1.54, 1.807) is 13.8 Å². The van der Waals surface area contributed by atoms with Crippen molar-refractivity contribution in [1.29, 1.82) is 0 Å². The van der Waals surface area contributed by atoms with Crippen LogP contribution in [0.3, 0.4) is 0 Å². The molecule has 1 N–H and O–H groups in total. The molecule has 1 aromatic carbocycles. The Labute approximate surface area is 135 Å². The first-order valence-electron chi connectivity index (χ1n) is 7.32. The van der Waals surface area contributed by atoms with Crippen molar-refractivity contribution in [2.75, 3.05) is 13.7 Å². The van der Waals surface area contributed by atoms with E-state index in [1.807, 2.05) is 0 Å². The Hall–Kier alpha value is -2.09. The lowest BCUT2D eigenvalue weighted by atomic mass is 10.2. The largest absolute Gasteiger partial charge is 0.496 e. The molecule has 0 bridgehead atoms. The summed E-state index contributed by atoms with van der Waals surface area (Å²) in [6.45, 7) is 3.82. The maximum Gasteiger partial charge on any atom is 0.267 e. The van der Waals surface area contributed by atoms with Gasteiger partial charge < -0.3 is 10.1 Å². The van der Waals surface area contributed by atoms with Crippen molar-refractivity contribution in [3.8, 4) is 5.75 Å². The fraction of sp³-hybridized carbons (Fsp3) is 0.467. The summed E-state index contributed by atoms with van der Waals surface area (Å²) in [4.78, 5) is 24.1. The van der Waals surface area contributed by atoms with E-state index in [-0.39, 0.29) is 17.7 Å². The number of carbonyl (C=O) groups is 2. The summed E-state index contributed by atoms with van der Waals surface area (Å²) in [5, 5.41) is 2.57. The highest BCUT2D eigenvalue weighted by Gasteiger charge is 2.44. The zero-order valence-electron chi connectivity index (χ0n) is 13.3. The van der Waals surface area contributed by atoms with Crippen LogP contribution in [0.1, 0.15) is 25.3 Å². The molecule has 1 saturated heterocycles. The maximum atomic E-state index is 12.8. The molecule has 7 nitrogen and oxygen atoms in total. The zero-order valence-corrected chi connectivity index (χ0v) is 14.1. The van der Waals surface area contributed by atoms with Crippen LogP contribution in [0.15, 0.2) is 23.1 Å². The number of rotatable bonds is 5. The van der Waals surface area contributed by atoms with E-state index in [0.29, 0.717) is 22.2 Å². The minimum absolute atomic E-state index is 0.0275. The molecular formula is C15H20N2O5S. The molecule has 0 aromatic heterocycles. The molecule has 23 heavy (non-hydrogen) atoms. The van der Waals surface area contributed by atoms with E-state index in [1.165, 1.54) is 25.3 Å². The topological polar surface area (TPSA) is 92.8 Å². The van der Waals surface area contributed by atoms with Crippen molar-refractivity contribution in [2.24, 2.45) is 0 Å². The molecule has 2 amide bonds. The molecular weight excluding hydrogens is 320 g/mol. The third-order valence-electron chi connectivity index (χ3n) is 3.74. The van der Waals surface area contributed by atoms with Crippen molar-refractivity contribution in [2.45, 2.75) is 37.6 Å². The molecule has 1 fully saturated rings. The van der Waals surface area contributed by atoms with E-state index in [9.17, 15) is 18.0 Å². The van der Waals surface area contributed by atoms with Crippen LogP contribution in [-0.4, -0.2) is 44.2 Å². The molecule has 1 aliphatic rings. The first kappa shape index (κ1) is 17.3. The van der Waals surface area contributed by atoms with Crippen LogP contribution in [0.25, 0.3) is 0 Å². The number of benzene rings is 1. The highest BCUT2D eigenvalue weighted by molar-refractivity contribution is 7.89. The minimum atomic E-state index is -4.08. The summed E-state index contributed by atoms with van der Waals surface area (Å²) in [6.07, 6.45) is 0.231. The monoisotopic (exact) mass is 340 g/mol. The van der Waals surface area contributed by atoms with Gasteiger partial charge in [-0.1, -0.05) is 0 Å². The normalized spacial score (nSPS) is 18.1. The summed E-state index contributed by atoms with van der Waals surface area (Å²) in [5.74, 6) is -0.459. The van der Waals surface area contributed by atoms with E-state index in [0.717, 1.165) is 0 Å². The summed E-state index contributed by atoms with van der Waals surface area (Å²) in [7, 11) is -2.59. The Balaban J connectivity index is 2.42. The third kappa shape index (κ3) is 3.17.